The van der Waals surface area contributed by atoms with Gasteiger partial charge in [0.2, 0.25) is 11.8 Å². The van der Waals surface area contributed by atoms with Crippen molar-refractivity contribution in [2.45, 2.75) is 71.0 Å². The van der Waals surface area contributed by atoms with Gasteiger partial charge in [0.25, 0.3) is 5.91 Å². The second kappa shape index (κ2) is 10.2. The lowest BCUT2D eigenvalue weighted by molar-refractivity contribution is -0.143. The summed E-state index contributed by atoms with van der Waals surface area (Å²) < 4.78 is 14.3. The van der Waals surface area contributed by atoms with Crippen molar-refractivity contribution in [1.82, 2.24) is 20.5 Å². The third-order valence-corrected chi connectivity index (χ3v) is 9.28. The van der Waals surface area contributed by atoms with Crippen LogP contribution in [-0.2, 0) is 14.4 Å². The first-order chi connectivity index (χ1) is 18.5. The number of piperidine rings is 1. The van der Waals surface area contributed by atoms with Crippen molar-refractivity contribution in [3.05, 3.63) is 48.4 Å². The Morgan fingerprint density at radius 1 is 1.15 bits per heavy atom. The molecule has 0 radical (unpaired) electrons. The first-order valence-electron chi connectivity index (χ1n) is 13.9. The lowest BCUT2D eigenvalue weighted by atomic mass is 9.83. The van der Waals surface area contributed by atoms with Crippen molar-refractivity contribution in [2.24, 2.45) is 23.2 Å². The topological polar surface area (TPSA) is 111 Å². The molecule has 0 unspecified atom stereocenters. The SMILES string of the molecule is C=CC(=O)[C@H](C)NC(=O)[C@@H]1[C@@H]2[C@H](CN1C(=O)[C@@H](NC(=O)c1cc3c(F)cccc3[nH]1)C1CCCCC1)C2(C)C. The number of rotatable bonds is 8. The van der Waals surface area contributed by atoms with E-state index < -0.39 is 29.8 Å². The first kappa shape index (κ1) is 27.1. The van der Waals surface area contributed by atoms with Crippen molar-refractivity contribution < 1.29 is 23.6 Å². The normalized spacial score (nSPS) is 25.4. The van der Waals surface area contributed by atoms with Crippen LogP contribution in [0.3, 0.4) is 0 Å². The van der Waals surface area contributed by atoms with Crippen molar-refractivity contribution in [1.29, 1.82) is 0 Å². The molecule has 2 aliphatic carbocycles. The Kier molecular flexibility index (Phi) is 7.11. The highest BCUT2D eigenvalue weighted by Crippen LogP contribution is 2.65. The molecule has 1 aromatic heterocycles. The van der Waals surface area contributed by atoms with Crippen molar-refractivity contribution in [3.8, 4) is 0 Å². The average molecular weight is 537 g/mol. The third kappa shape index (κ3) is 4.87. The molecule has 5 atom stereocenters. The molecule has 1 aliphatic heterocycles. The predicted molar refractivity (Wildman–Crippen MR) is 145 cm³/mol. The summed E-state index contributed by atoms with van der Waals surface area (Å²) in [5, 5.41) is 6.04. The average Bonchev–Trinajstić information content (AvgIpc) is 3.31. The van der Waals surface area contributed by atoms with Crippen LogP contribution in [0.4, 0.5) is 4.39 Å². The molecule has 5 rings (SSSR count). The summed E-state index contributed by atoms with van der Waals surface area (Å²) in [7, 11) is 0. The van der Waals surface area contributed by atoms with Crippen LogP contribution in [0.25, 0.3) is 10.9 Å². The molecule has 1 saturated heterocycles. The molecule has 3 aliphatic rings. The third-order valence-electron chi connectivity index (χ3n) is 9.28. The molecule has 2 aromatic rings. The smallest absolute Gasteiger partial charge is 0.268 e. The van der Waals surface area contributed by atoms with Gasteiger partial charge < -0.3 is 20.5 Å². The zero-order valence-corrected chi connectivity index (χ0v) is 22.8. The highest BCUT2D eigenvalue weighted by molar-refractivity contribution is 6.02. The van der Waals surface area contributed by atoms with Crippen molar-refractivity contribution >= 4 is 34.4 Å². The number of hydrogen-bond acceptors (Lipinski definition) is 4. The number of aromatic nitrogens is 1. The second-order valence-electron chi connectivity index (χ2n) is 12.0. The number of benzene rings is 1. The number of H-pyrrole nitrogens is 1. The second-order valence-corrected chi connectivity index (χ2v) is 12.0. The lowest BCUT2D eigenvalue weighted by Crippen LogP contribution is -2.59. The van der Waals surface area contributed by atoms with Gasteiger partial charge in [-0.2, -0.15) is 0 Å². The van der Waals surface area contributed by atoms with E-state index in [1.165, 1.54) is 18.2 Å². The van der Waals surface area contributed by atoms with Crippen LogP contribution in [0.1, 0.15) is 63.4 Å². The Morgan fingerprint density at radius 3 is 2.54 bits per heavy atom. The van der Waals surface area contributed by atoms with Crippen LogP contribution in [-0.4, -0.2) is 58.1 Å². The van der Waals surface area contributed by atoms with E-state index >= 15 is 0 Å². The number of aromatic amines is 1. The van der Waals surface area contributed by atoms with Crippen LogP contribution in [0.15, 0.2) is 36.9 Å². The molecule has 9 heteroatoms. The van der Waals surface area contributed by atoms with Gasteiger partial charge in [-0.05, 0) is 67.2 Å². The molecule has 2 saturated carbocycles. The minimum Gasteiger partial charge on any atom is -0.350 e. The fraction of sp³-hybridized carbons (Fsp3) is 0.533. The molecule has 3 fully saturated rings. The maximum atomic E-state index is 14.3. The van der Waals surface area contributed by atoms with Gasteiger partial charge in [0.1, 0.15) is 23.6 Å². The van der Waals surface area contributed by atoms with Gasteiger partial charge >= 0.3 is 0 Å². The zero-order chi connectivity index (χ0) is 28.1. The van der Waals surface area contributed by atoms with Crippen LogP contribution in [0.5, 0.6) is 0 Å². The molecule has 0 bridgehead atoms. The van der Waals surface area contributed by atoms with Gasteiger partial charge in [0.15, 0.2) is 5.78 Å². The van der Waals surface area contributed by atoms with E-state index in [-0.39, 0.29) is 46.5 Å². The largest absolute Gasteiger partial charge is 0.350 e. The number of carbonyl (C=O) groups excluding carboxylic acids is 4. The number of hydrogen-bond donors (Lipinski definition) is 3. The highest BCUT2D eigenvalue weighted by Gasteiger charge is 2.69. The molecule has 3 N–H and O–H groups in total. The zero-order valence-electron chi connectivity index (χ0n) is 22.8. The number of likely N-dealkylation sites (tertiary alicyclic amines) is 1. The Balaban J connectivity index is 1.41. The number of nitrogens with zero attached hydrogens (tertiary/aromatic N) is 1. The Bertz CT molecular complexity index is 1330. The van der Waals surface area contributed by atoms with Crippen LogP contribution < -0.4 is 10.6 Å². The molecule has 0 spiro atoms. The molecular weight excluding hydrogens is 499 g/mol. The number of halogens is 1. The van der Waals surface area contributed by atoms with Gasteiger partial charge in [-0.25, -0.2) is 4.39 Å². The van der Waals surface area contributed by atoms with Gasteiger partial charge in [-0.15, -0.1) is 0 Å². The summed E-state index contributed by atoms with van der Waals surface area (Å²) in [6.45, 7) is 9.71. The number of carbonyl (C=O) groups is 4. The summed E-state index contributed by atoms with van der Waals surface area (Å²) in [4.78, 5) is 57.7. The van der Waals surface area contributed by atoms with E-state index in [9.17, 15) is 23.6 Å². The summed E-state index contributed by atoms with van der Waals surface area (Å²) in [6, 6.07) is 3.78. The van der Waals surface area contributed by atoms with Gasteiger partial charge in [-0.1, -0.05) is 45.8 Å². The highest BCUT2D eigenvalue weighted by atomic mass is 19.1. The van der Waals surface area contributed by atoms with Gasteiger partial charge in [0.05, 0.1) is 6.04 Å². The van der Waals surface area contributed by atoms with E-state index in [2.05, 4.69) is 36.0 Å². The first-order valence-corrected chi connectivity index (χ1v) is 13.9. The minimum absolute atomic E-state index is 0.0214. The molecule has 2 heterocycles. The Hall–Kier alpha value is -3.49. The summed E-state index contributed by atoms with van der Waals surface area (Å²) in [6.07, 6.45) is 5.78. The van der Waals surface area contributed by atoms with E-state index in [1.807, 2.05) is 0 Å². The van der Waals surface area contributed by atoms with Gasteiger partial charge in [0, 0.05) is 17.4 Å². The monoisotopic (exact) mass is 536 g/mol. The van der Waals surface area contributed by atoms with Crippen LogP contribution >= 0.6 is 0 Å². The van der Waals surface area contributed by atoms with Gasteiger partial charge in [-0.3, -0.25) is 19.2 Å². The number of fused-ring (bicyclic) bond motifs is 2. The van der Waals surface area contributed by atoms with Crippen LogP contribution in [0, 0.1) is 29.0 Å². The molecule has 8 nitrogen and oxygen atoms in total. The minimum atomic E-state index is -0.808. The van der Waals surface area contributed by atoms with E-state index in [4.69, 9.17) is 0 Å². The van der Waals surface area contributed by atoms with Crippen molar-refractivity contribution in [3.63, 3.8) is 0 Å². The number of ketones is 1. The molecule has 3 amide bonds. The predicted octanol–water partition coefficient (Wildman–Crippen LogP) is 3.73. The quantitative estimate of drug-likeness (QED) is 0.447. The Labute approximate surface area is 227 Å². The molecular formula is C30H37FN4O4. The molecule has 39 heavy (non-hydrogen) atoms. The Morgan fingerprint density at radius 2 is 1.87 bits per heavy atom. The number of amides is 3. The summed E-state index contributed by atoms with van der Waals surface area (Å²) in [5.74, 6) is -1.76. The summed E-state index contributed by atoms with van der Waals surface area (Å²) in [5.41, 5.74) is 0.588. The fourth-order valence-electron chi connectivity index (χ4n) is 6.85. The maximum absolute atomic E-state index is 14.3. The number of nitrogens with one attached hydrogen (secondary N) is 3. The maximum Gasteiger partial charge on any atom is 0.268 e. The van der Waals surface area contributed by atoms with Crippen molar-refractivity contribution in [2.75, 3.05) is 6.54 Å². The molecule has 1 aromatic carbocycles. The lowest BCUT2D eigenvalue weighted by Gasteiger charge is -2.37. The standard InChI is InChI=1S/C30H37FN4O4/c1-5-23(36)16(2)32-28(38)26-24-19(30(24,3)4)15-35(26)29(39)25(17-10-7-6-8-11-17)34-27(37)22-14-18-20(31)12-9-13-21(18)33-22/h5,9,12-14,16-17,19,24-26,33H,1,6-8,10-11,15H2,2-4H3,(H,32,38)(H,34,37)/t16-,19-,24-,25-,26-/m0/s1. The fourth-order valence-corrected chi connectivity index (χ4v) is 6.85. The molecule has 208 valence electrons. The van der Waals surface area contributed by atoms with E-state index in [0.29, 0.717) is 17.4 Å². The van der Waals surface area contributed by atoms with Crippen LogP contribution in [0.2, 0.25) is 0 Å². The van der Waals surface area contributed by atoms with E-state index in [0.717, 1.165) is 32.1 Å². The summed E-state index contributed by atoms with van der Waals surface area (Å²) >= 11 is 0. The van der Waals surface area contributed by atoms with E-state index in [1.54, 1.807) is 24.0 Å².